The van der Waals surface area contributed by atoms with E-state index in [1.807, 2.05) is 18.2 Å². The first kappa shape index (κ1) is 17.5. The summed E-state index contributed by atoms with van der Waals surface area (Å²) in [6.07, 6.45) is 10.2. The van der Waals surface area contributed by atoms with Crippen LogP contribution in [0.3, 0.4) is 0 Å². The first-order valence-electron chi connectivity index (χ1n) is 8.75. The minimum atomic E-state index is -0.0914. The molecule has 0 unspecified atom stereocenters. The molecule has 0 aliphatic rings. The van der Waals surface area contributed by atoms with Crippen molar-refractivity contribution < 1.29 is 4.39 Å². The second-order valence-electron chi connectivity index (χ2n) is 6.11. The summed E-state index contributed by atoms with van der Waals surface area (Å²) in [6, 6.07) is 14.3. The lowest BCUT2D eigenvalue weighted by Crippen LogP contribution is -1.96. The van der Waals surface area contributed by atoms with E-state index in [-0.39, 0.29) is 5.82 Å². The molecule has 0 N–H and O–H groups in total. The predicted octanol–water partition coefficient (Wildman–Crippen LogP) is 6.38. The number of hydrogen-bond acceptors (Lipinski definition) is 0. The third kappa shape index (κ3) is 5.67. The van der Waals surface area contributed by atoms with Crippen molar-refractivity contribution in [1.29, 1.82) is 0 Å². The van der Waals surface area contributed by atoms with Crippen LogP contribution in [0.25, 0.3) is 6.08 Å². The molecule has 0 fully saturated rings. The minimum absolute atomic E-state index is 0.0914. The SMILES string of the molecule is CCC/C=C/c1ccc(CCc2ccc(CCC)cc2)c(F)c1. The molecule has 0 heterocycles. The van der Waals surface area contributed by atoms with Crippen molar-refractivity contribution in [1.82, 2.24) is 0 Å². The average Bonchev–Trinajstić information content (AvgIpc) is 2.56. The lowest BCUT2D eigenvalue weighted by atomic mass is 10.0. The molecule has 0 aliphatic heterocycles. The van der Waals surface area contributed by atoms with Gasteiger partial charge in [-0.1, -0.05) is 75.2 Å². The highest BCUT2D eigenvalue weighted by molar-refractivity contribution is 5.50. The fourth-order valence-electron chi connectivity index (χ4n) is 2.70. The Morgan fingerprint density at radius 1 is 0.826 bits per heavy atom. The molecule has 0 aromatic heterocycles. The zero-order chi connectivity index (χ0) is 16.5. The van der Waals surface area contributed by atoms with Crippen LogP contribution in [-0.4, -0.2) is 0 Å². The van der Waals surface area contributed by atoms with Crippen LogP contribution < -0.4 is 0 Å². The molecule has 2 rings (SSSR count). The zero-order valence-electron chi connectivity index (χ0n) is 14.3. The molecule has 1 heteroatoms. The van der Waals surface area contributed by atoms with Crippen molar-refractivity contribution in [3.05, 3.63) is 76.6 Å². The first-order valence-corrected chi connectivity index (χ1v) is 8.75. The van der Waals surface area contributed by atoms with E-state index >= 15 is 0 Å². The van der Waals surface area contributed by atoms with Crippen molar-refractivity contribution in [2.45, 2.75) is 52.4 Å². The minimum Gasteiger partial charge on any atom is -0.207 e. The standard InChI is InChI=1S/C22H27F/c1-3-5-6-8-20-14-16-21(22(23)17-20)15-13-19-11-9-18(7-4-2)10-12-19/h6,8-12,14,16-17H,3-5,7,13,15H2,1-2H3/b8-6+. The molecule has 2 aromatic rings. The number of aryl methyl sites for hydroxylation is 3. The number of unbranched alkanes of at least 4 members (excludes halogenated alkanes) is 1. The second kappa shape index (κ2) is 9.29. The molecule has 0 saturated heterocycles. The molecule has 2 aromatic carbocycles. The van der Waals surface area contributed by atoms with Crippen molar-refractivity contribution >= 4 is 6.08 Å². The number of allylic oxidation sites excluding steroid dienone is 1. The van der Waals surface area contributed by atoms with Crippen molar-refractivity contribution in [2.75, 3.05) is 0 Å². The summed E-state index contributed by atoms with van der Waals surface area (Å²) >= 11 is 0. The second-order valence-corrected chi connectivity index (χ2v) is 6.11. The Kier molecular flexibility index (Phi) is 7.06. The number of rotatable bonds is 8. The molecule has 0 nitrogen and oxygen atoms in total. The van der Waals surface area contributed by atoms with Gasteiger partial charge in [-0.3, -0.25) is 0 Å². The van der Waals surface area contributed by atoms with Gasteiger partial charge in [-0.25, -0.2) is 4.39 Å². The molecular formula is C22H27F. The van der Waals surface area contributed by atoms with E-state index in [2.05, 4.69) is 44.2 Å². The zero-order valence-corrected chi connectivity index (χ0v) is 14.3. The van der Waals surface area contributed by atoms with Gasteiger partial charge >= 0.3 is 0 Å². The lowest BCUT2D eigenvalue weighted by Gasteiger charge is -2.06. The lowest BCUT2D eigenvalue weighted by molar-refractivity contribution is 0.608. The highest BCUT2D eigenvalue weighted by Gasteiger charge is 2.03. The molecular weight excluding hydrogens is 283 g/mol. The predicted molar refractivity (Wildman–Crippen MR) is 98.2 cm³/mol. The van der Waals surface area contributed by atoms with Crippen molar-refractivity contribution in [3.8, 4) is 0 Å². The van der Waals surface area contributed by atoms with Crippen LogP contribution in [0.1, 0.15) is 55.4 Å². The quantitative estimate of drug-likeness (QED) is 0.531. The monoisotopic (exact) mass is 310 g/mol. The van der Waals surface area contributed by atoms with E-state index in [0.717, 1.165) is 43.2 Å². The van der Waals surface area contributed by atoms with Gasteiger partial charge in [-0.15, -0.1) is 0 Å². The van der Waals surface area contributed by atoms with Gasteiger partial charge in [0.1, 0.15) is 5.82 Å². The molecule has 0 aliphatic carbocycles. The van der Waals surface area contributed by atoms with Gasteiger partial charge in [0.25, 0.3) is 0 Å². The summed E-state index contributed by atoms with van der Waals surface area (Å²) in [5.74, 6) is -0.0914. The maximum absolute atomic E-state index is 14.2. The van der Waals surface area contributed by atoms with E-state index in [9.17, 15) is 4.39 Å². The highest BCUT2D eigenvalue weighted by Crippen LogP contribution is 2.16. The van der Waals surface area contributed by atoms with E-state index in [0.29, 0.717) is 0 Å². The largest absolute Gasteiger partial charge is 0.207 e. The van der Waals surface area contributed by atoms with E-state index in [1.165, 1.54) is 17.5 Å². The third-order valence-corrected chi connectivity index (χ3v) is 4.09. The Bertz CT molecular complexity index is 623. The Morgan fingerprint density at radius 2 is 1.52 bits per heavy atom. The van der Waals surface area contributed by atoms with Gasteiger partial charge in [-0.2, -0.15) is 0 Å². The van der Waals surface area contributed by atoms with E-state index in [4.69, 9.17) is 0 Å². The first-order chi connectivity index (χ1) is 11.2. The molecule has 0 radical (unpaired) electrons. The normalized spacial score (nSPS) is 11.3. The maximum Gasteiger partial charge on any atom is 0.127 e. The summed E-state index contributed by atoms with van der Waals surface area (Å²) in [5, 5.41) is 0. The fourth-order valence-corrected chi connectivity index (χ4v) is 2.70. The molecule has 122 valence electrons. The van der Waals surface area contributed by atoms with Crippen LogP contribution >= 0.6 is 0 Å². The fraction of sp³-hybridized carbons (Fsp3) is 0.364. The average molecular weight is 310 g/mol. The van der Waals surface area contributed by atoms with Crippen LogP contribution in [0, 0.1) is 5.82 Å². The summed E-state index contributed by atoms with van der Waals surface area (Å²) in [5.41, 5.74) is 4.40. The third-order valence-electron chi connectivity index (χ3n) is 4.09. The van der Waals surface area contributed by atoms with Crippen LogP contribution in [0.15, 0.2) is 48.5 Å². The molecule has 23 heavy (non-hydrogen) atoms. The van der Waals surface area contributed by atoms with Crippen LogP contribution in [0.5, 0.6) is 0 Å². The number of hydrogen-bond donors (Lipinski definition) is 0. The summed E-state index contributed by atoms with van der Waals surface area (Å²) < 4.78 is 14.2. The van der Waals surface area contributed by atoms with E-state index < -0.39 is 0 Å². The van der Waals surface area contributed by atoms with Crippen molar-refractivity contribution in [2.24, 2.45) is 0 Å². The number of halogens is 1. The molecule has 0 spiro atoms. The molecule has 0 atom stereocenters. The van der Waals surface area contributed by atoms with Crippen LogP contribution in [0.2, 0.25) is 0 Å². The van der Waals surface area contributed by atoms with Gasteiger partial charge in [-0.05, 0) is 54.0 Å². The highest BCUT2D eigenvalue weighted by atomic mass is 19.1. The van der Waals surface area contributed by atoms with E-state index in [1.54, 1.807) is 6.07 Å². The Balaban J connectivity index is 1.94. The summed E-state index contributed by atoms with van der Waals surface area (Å²) in [4.78, 5) is 0. The topological polar surface area (TPSA) is 0 Å². The Morgan fingerprint density at radius 3 is 2.13 bits per heavy atom. The van der Waals surface area contributed by atoms with Gasteiger partial charge in [0, 0.05) is 0 Å². The van der Waals surface area contributed by atoms with Gasteiger partial charge in [0.05, 0.1) is 0 Å². The van der Waals surface area contributed by atoms with Crippen LogP contribution in [0.4, 0.5) is 4.39 Å². The Hall–Kier alpha value is -1.89. The molecule has 0 bridgehead atoms. The van der Waals surface area contributed by atoms with Crippen molar-refractivity contribution in [3.63, 3.8) is 0 Å². The summed E-state index contributed by atoms with van der Waals surface area (Å²) in [6.45, 7) is 4.33. The van der Waals surface area contributed by atoms with Gasteiger partial charge in [0.15, 0.2) is 0 Å². The maximum atomic E-state index is 14.2. The number of benzene rings is 2. The summed E-state index contributed by atoms with van der Waals surface area (Å²) in [7, 11) is 0. The smallest absolute Gasteiger partial charge is 0.127 e. The Labute approximate surface area is 140 Å². The van der Waals surface area contributed by atoms with Gasteiger partial charge in [0.2, 0.25) is 0 Å². The van der Waals surface area contributed by atoms with Crippen LogP contribution in [-0.2, 0) is 19.3 Å². The molecule has 0 saturated carbocycles. The molecule has 0 amide bonds. The van der Waals surface area contributed by atoms with Gasteiger partial charge < -0.3 is 0 Å².